The van der Waals surface area contributed by atoms with Gasteiger partial charge < -0.3 is 9.84 Å². The minimum Gasteiger partial charge on any atom is -0.485 e. The number of fused-ring (bicyclic) bond motifs is 1. The molecule has 0 saturated carbocycles. The Hall–Kier alpha value is -1.46. The summed E-state index contributed by atoms with van der Waals surface area (Å²) < 4.78 is 31.9. The molecular formula is C16H13BrF2O2. The standard InChI is InChI=1S/C16H13BrF2O2/c17-11-5-6-12-13(20)8-14(21-15(12)7-11)9-1-3-10(4-2-9)16(18)19/h1-7,13-14,16,20H,8H2/t13-,14?/m1/s1. The van der Waals surface area contributed by atoms with Crippen LogP contribution >= 0.6 is 15.9 Å². The first-order valence-electron chi connectivity index (χ1n) is 6.57. The second-order valence-corrected chi connectivity index (χ2v) is 5.92. The highest BCUT2D eigenvalue weighted by Gasteiger charge is 2.28. The van der Waals surface area contributed by atoms with E-state index in [4.69, 9.17) is 4.74 Å². The highest BCUT2D eigenvalue weighted by atomic mass is 79.9. The van der Waals surface area contributed by atoms with Crippen LogP contribution in [-0.4, -0.2) is 5.11 Å². The maximum Gasteiger partial charge on any atom is 0.263 e. The number of rotatable bonds is 2. The molecule has 3 rings (SSSR count). The second kappa shape index (κ2) is 5.73. The zero-order valence-electron chi connectivity index (χ0n) is 11.0. The zero-order valence-corrected chi connectivity index (χ0v) is 12.6. The normalized spacial score (nSPS) is 21.0. The Morgan fingerprint density at radius 1 is 1.14 bits per heavy atom. The maximum atomic E-state index is 12.6. The van der Waals surface area contributed by atoms with Gasteiger partial charge in [0, 0.05) is 22.0 Å². The zero-order chi connectivity index (χ0) is 15.0. The molecular weight excluding hydrogens is 342 g/mol. The smallest absolute Gasteiger partial charge is 0.263 e. The summed E-state index contributed by atoms with van der Waals surface area (Å²) in [5.74, 6) is 0.617. The molecule has 1 N–H and O–H groups in total. The van der Waals surface area contributed by atoms with Crippen molar-refractivity contribution in [3.63, 3.8) is 0 Å². The molecule has 2 aromatic rings. The summed E-state index contributed by atoms with van der Waals surface area (Å²) >= 11 is 3.37. The van der Waals surface area contributed by atoms with Gasteiger partial charge in [-0.2, -0.15) is 0 Å². The number of benzene rings is 2. The third-order valence-electron chi connectivity index (χ3n) is 3.60. The van der Waals surface area contributed by atoms with Crippen LogP contribution in [0.2, 0.25) is 0 Å². The molecule has 0 spiro atoms. The van der Waals surface area contributed by atoms with Crippen LogP contribution in [0.25, 0.3) is 0 Å². The van der Waals surface area contributed by atoms with E-state index in [0.717, 1.165) is 15.6 Å². The van der Waals surface area contributed by atoms with Gasteiger partial charge in [-0.1, -0.05) is 46.3 Å². The van der Waals surface area contributed by atoms with Crippen LogP contribution in [0.4, 0.5) is 8.78 Å². The lowest BCUT2D eigenvalue weighted by Crippen LogP contribution is -2.19. The van der Waals surface area contributed by atoms with Crippen LogP contribution in [0.3, 0.4) is 0 Å². The summed E-state index contributed by atoms with van der Waals surface area (Å²) in [7, 11) is 0. The van der Waals surface area contributed by atoms with E-state index in [1.807, 2.05) is 12.1 Å². The van der Waals surface area contributed by atoms with Crippen molar-refractivity contribution in [2.24, 2.45) is 0 Å². The van der Waals surface area contributed by atoms with E-state index >= 15 is 0 Å². The summed E-state index contributed by atoms with van der Waals surface area (Å²) in [6.07, 6.45) is -3.04. The van der Waals surface area contributed by atoms with E-state index in [1.54, 1.807) is 18.2 Å². The quantitative estimate of drug-likeness (QED) is 0.827. The van der Waals surface area contributed by atoms with Crippen LogP contribution < -0.4 is 4.74 Å². The van der Waals surface area contributed by atoms with Gasteiger partial charge in [-0.05, 0) is 17.7 Å². The Morgan fingerprint density at radius 3 is 2.52 bits per heavy atom. The van der Waals surface area contributed by atoms with E-state index in [0.29, 0.717) is 12.2 Å². The molecule has 1 aliphatic heterocycles. The first-order valence-corrected chi connectivity index (χ1v) is 7.36. The Kier molecular flexibility index (Phi) is 3.95. The fraction of sp³-hybridized carbons (Fsp3) is 0.250. The van der Waals surface area contributed by atoms with Crippen LogP contribution in [0.1, 0.15) is 41.7 Å². The lowest BCUT2D eigenvalue weighted by atomic mass is 9.94. The fourth-order valence-electron chi connectivity index (χ4n) is 2.48. The van der Waals surface area contributed by atoms with Gasteiger partial charge in [-0.25, -0.2) is 8.78 Å². The average molecular weight is 355 g/mol. The highest BCUT2D eigenvalue weighted by Crippen LogP contribution is 2.42. The van der Waals surface area contributed by atoms with Gasteiger partial charge in [0.2, 0.25) is 0 Å². The largest absolute Gasteiger partial charge is 0.485 e. The second-order valence-electron chi connectivity index (χ2n) is 5.01. The van der Waals surface area contributed by atoms with Gasteiger partial charge in [0.1, 0.15) is 11.9 Å². The Labute approximate surface area is 129 Å². The van der Waals surface area contributed by atoms with Crippen molar-refractivity contribution in [2.75, 3.05) is 0 Å². The van der Waals surface area contributed by atoms with E-state index < -0.39 is 12.5 Å². The summed E-state index contributed by atoms with van der Waals surface area (Å²) in [5.41, 5.74) is 1.51. The van der Waals surface area contributed by atoms with Crippen molar-refractivity contribution >= 4 is 15.9 Å². The number of alkyl halides is 2. The van der Waals surface area contributed by atoms with E-state index in [9.17, 15) is 13.9 Å². The van der Waals surface area contributed by atoms with Gasteiger partial charge in [-0.3, -0.25) is 0 Å². The minimum absolute atomic E-state index is 0.0155. The molecule has 0 aromatic heterocycles. The van der Waals surface area contributed by atoms with Crippen LogP contribution in [0, 0.1) is 0 Å². The van der Waals surface area contributed by atoms with Gasteiger partial charge in [-0.15, -0.1) is 0 Å². The first kappa shape index (κ1) is 14.5. The van der Waals surface area contributed by atoms with E-state index in [2.05, 4.69) is 15.9 Å². The molecule has 1 unspecified atom stereocenters. The van der Waals surface area contributed by atoms with Gasteiger partial charge in [0.05, 0.1) is 6.10 Å². The number of aliphatic hydroxyl groups excluding tert-OH is 1. The van der Waals surface area contributed by atoms with Crippen molar-refractivity contribution in [1.29, 1.82) is 0 Å². The topological polar surface area (TPSA) is 29.5 Å². The van der Waals surface area contributed by atoms with E-state index in [-0.39, 0.29) is 11.7 Å². The van der Waals surface area contributed by atoms with Crippen molar-refractivity contribution < 1.29 is 18.6 Å². The monoisotopic (exact) mass is 354 g/mol. The molecule has 2 atom stereocenters. The van der Waals surface area contributed by atoms with Gasteiger partial charge in [0.25, 0.3) is 6.43 Å². The third kappa shape index (κ3) is 2.94. The predicted molar refractivity (Wildman–Crippen MR) is 78.5 cm³/mol. The van der Waals surface area contributed by atoms with Gasteiger partial charge >= 0.3 is 0 Å². The summed E-state index contributed by atoms with van der Waals surface area (Å²) in [4.78, 5) is 0. The number of hydrogen-bond acceptors (Lipinski definition) is 2. The van der Waals surface area contributed by atoms with Gasteiger partial charge in [0.15, 0.2) is 0 Å². The number of halogens is 3. The SMILES string of the molecule is O[C@@H]1CC(c2ccc(C(F)F)cc2)Oc2cc(Br)ccc21. The third-order valence-corrected chi connectivity index (χ3v) is 4.09. The molecule has 2 nitrogen and oxygen atoms in total. The molecule has 1 heterocycles. The minimum atomic E-state index is -2.48. The lowest BCUT2D eigenvalue weighted by Gasteiger charge is -2.30. The molecule has 1 aliphatic rings. The molecule has 0 fully saturated rings. The van der Waals surface area contributed by atoms with Crippen molar-refractivity contribution in [2.45, 2.75) is 25.1 Å². The number of aliphatic hydroxyl groups is 1. The number of ether oxygens (including phenoxy) is 1. The first-order chi connectivity index (χ1) is 10.0. The molecule has 5 heteroatoms. The number of hydrogen-bond donors (Lipinski definition) is 1. The van der Waals surface area contributed by atoms with Crippen molar-refractivity contribution in [3.05, 3.63) is 63.6 Å². The van der Waals surface area contributed by atoms with Crippen molar-refractivity contribution in [1.82, 2.24) is 0 Å². The molecule has 21 heavy (non-hydrogen) atoms. The summed E-state index contributed by atoms with van der Waals surface area (Å²) in [6, 6.07) is 11.5. The molecule has 0 saturated heterocycles. The van der Waals surface area contributed by atoms with Crippen LogP contribution in [0.5, 0.6) is 5.75 Å². The molecule has 0 aliphatic carbocycles. The average Bonchev–Trinajstić information content (AvgIpc) is 2.46. The highest BCUT2D eigenvalue weighted by molar-refractivity contribution is 9.10. The Bertz CT molecular complexity index is 643. The van der Waals surface area contributed by atoms with E-state index in [1.165, 1.54) is 12.1 Å². The molecule has 2 aromatic carbocycles. The molecule has 0 bridgehead atoms. The van der Waals surface area contributed by atoms with Crippen molar-refractivity contribution in [3.8, 4) is 5.75 Å². The molecule has 110 valence electrons. The van der Waals surface area contributed by atoms with Crippen LogP contribution in [0.15, 0.2) is 46.9 Å². The van der Waals surface area contributed by atoms with Crippen LogP contribution in [-0.2, 0) is 0 Å². The lowest BCUT2D eigenvalue weighted by molar-refractivity contribution is 0.0656. The molecule has 0 radical (unpaired) electrons. The summed E-state index contributed by atoms with van der Waals surface area (Å²) in [6.45, 7) is 0. The Balaban J connectivity index is 1.88. The Morgan fingerprint density at radius 2 is 1.86 bits per heavy atom. The summed E-state index contributed by atoms with van der Waals surface area (Å²) in [5, 5.41) is 10.2. The fourth-order valence-corrected chi connectivity index (χ4v) is 2.82. The molecule has 0 amide bonds. The maximum absolute atomic E-state index is 12.6. The predicted octanol–water partition coefficient (Wildman–Crippen LogP) is 4.94.